The fourth-order valence-electron chi connectivity index (χ4n) is 2.83. The minimum atomic E-state index is -0.571. The standard InChI is InChI=1S/C17H19N3O/c1-12-19-16-7-5-4-6-15(16)17(18-2,20-12)13-8-10-14(21-3)11-9-13/h4-11,18H,1-3H3,(H,19,20). The predicted octanol–water partition coefficient (Wildman–Crippen LogP) is 2.96. The number of rotatable bonds is 3. The van der Waals surface area contributed by atoms with Crippen molar-refractivity contribution in [1.82, 2.24) is 5.32 Å². The third kappa shape index (κ3) is 2.17. The van der Waals surface area contributed by atoms with Gasteiger partial charge in [0.25, 0.3) is 0 Å². The van der Waals surface area contributed by atoms with E-state index >= 15 is 0 Å². The minimum absolute atomic E-state index is 0.571. The average Bonchev–Trinajstić information content (AvgIpc) is 2.54. The van der Waals surface area contributed by atoms with E-state index in [-0.39, 0.29) is 0 Å². The lowest BCUT2D eigenvalue weighted by atomic mass is 9.89. The quantitative estimate of drug-likeness (QED) is 0.909. The van der Waals surface area contributed by atoms with Crippen LogP contribution in [-0.2, 0) is 5.66 Å². The molecule has 0 aromatic heterocycles. The Hall–Kier alpha value is -2.33. The zero-order valence-corrected chi connectivity index (χ0v) is 12.5. The minimum Gasteiger partial charge on any atom is -0.497 e. The number of hydrogen-bond donors (Lipinski definition) is 2. The van der Waals surface area contributed by atoms with Crippen LogP contribution in [0.4, 0.5) is 5.69 Å². The molecule has 0 radical (unpaired) electrons. The summed E-state index contributed by atoms with van der Waals surface area (Å²) in [7, 11) is 3.61. The van der Waals surface area contributed by atoms with Crippen LogP contribution in [-0.4, -0.2) is 20.0 Å². The second-order valence-corrected chi connectivity index (χ2v) is 5.06. The van der Waals surface area contributed by atoms with Gasteiger partial charge in [-0.1, -0.05) is 30.3 Å². The highest BCUT2D eigenvalue weighted by Crippen LogP contribution is 2.38. The molecule has 2 aromatic carbocycles. The number of amidine groups is 1. The third-order valence-corrected chi connectivity index (χ3v) is 3.84. The number of hydrogen-bond acceptors (Lipinski definition) is 4. The smallest absolute Gasteiger partial charge is 0.166 e. The first-order chi connectivity index (χ1) is 10.2. The highest BCUT2D eigenvalue weighted by molar-refractivity contribution is 5.97. The van der Waals surface area contributed by atoms with Gasteiger partial charge in [-0.15, -0.1) is 0 Å². The number of nitrogens with one attached hydrogen (secondary N) is 2. The van der Waals surface area contributed by atoms with Gasteiger partial charge < -0.3 is 10.1 Å². The van der Waals surface area contributed by atoms with Gasteiger partial charge in [-0.25, -0.2) is 4.99 Å². The van der Waals surface area contributed by atoms with E-state index in [4.69, 9.17) is 9.73 Å². The summed E-state index contributed by atoms with van der Waals surface area (Å²) in [5.74, 6) is 1.73. The van der Waals surface area contributed by atoms with Gasteiger partial charge in [0.15, 0.2) is 5.66 Å². The second-order valence-electron chi connectivity index (χ2n) is 5.06. The number of ether oxygens (including phenoxy) is 1. The van der Waals surface area contributed by atoms with Gasteiger partial charge in [-0.05, 0) is 37.7 Å². The van der Waals surface area contributed by atoms with E-state index in [2.05, 4.69) is 22.8 Å². The highest BCUT2D eigenvalue weighted by Gasteiger charge is 2.36. The third-order valence-electron chi connectivity index (χ3n) is 3.84. The number of anilines is 1. The molecule has 1 heterocycles. The van der Waals surface area contributed by atoms with Gasteiger partial charge in [-0.2, -0.15) is 0 Å². The number of nitrogens with zero attached hydrogens (tertiary/aromatic N) is 1. The first kappa shape index (κ1) is 13.6. The number of fused-ring (bicyclic) bond motifs is 1. The van der Waals surface area contributed by atoms with Crippen LogP contribution in [0.3, 0.4) is 0 Å². The largest absolute Gasteiger partial charge is 0.497 e. The summed E-state index contributed by atoms with van der Waals surface area (Å²) in [6, 6.07) is 16.3. The lowest BCUT2D eigenvalue weighted by molar-refractivity contribution is 0.412. The summed E-state index contributed by atoms with van der Waals surface area (Å²) < 4.78 is 5.25. The van der Waals surface area contributed by atoms with Crippen LogP contribution in [0.25, 0.3) is 0 Å². The molecule has 0 bridgehead atoms. The maximum Gasteiger partial charge on any atom is 0.166 e. The zero-order chi connectivity index (χ0) is 14.9. The molecule has 1 unspecified atom stereocenters. The van der Waals surface area contributed by atoms with Crippen molar-refractivity contribution >= 4 is 11.5 Å². The Balaban J connectivity index is 2.19. The average molecular weight is 281 g/mol. The summed E-state index contributed by atoms with van der Waals surface area (Å²) >= 11 is 0. The summed E-state index contributed by atoms with van der Waals surface area (Å²) in [4.78, 5) is 4.85. The summed E-state index contributed by atoms with van der Waals surface area (Å²) in [6.07, 6.45) is 0. The number of para-hydroxylation sites is 1. The highest BCUT2D eigenvalue weighted by atomic mass is 16.5. The van der Waals surface area contributed by atoms with Crippen molar-refractivity contribution in [2.45, 2.75) is 12.6 Å². The fourth-order valence-corrected chi connectivity index (χ4v) is 2.83. The zero-order valence-electron chi connectivity index (χ0n) is 12.5. The summed E-state index contributed by atoms with van der Waals surface area (Å²) in [6.45, 7) is 1.98. The first-order valence-corrected chi connectivity index (χ1v) is 6.96. The Bertz CT molecular complexity index is 679. The molecule has 0 saturated heterocycles. The van der Waals surface area contributed by atoms with Crippen LogP contribution in [0.5, 0.6) is 5.75 Å². The number of benzene rings is 2. The monoisotopic (exact) mass is 281 g/mol. The Morgan fingerprint density at radius 1 is 1.10 bits per heavy atom. The van der Waals surface area contributed by atoms with Crippen LogP contribution in [0.2, 0.25) is 0 Å². The maximum absolute atomic E-state index is 5.25. The topological polar surface area (TPSA) is 45.6 Å². The summed E-state index contributed by atoms with van der Waals surface area (Å²) in [5, 5.41) is 6.72. The van der Waals surface area contributed by atoms with Crippen molar-refractivity contribution in [1.29, 1.82) is 0 Å². The predicted molar refractivity (Wildman–Crippen MR) is 86.0 cm³/mol. The van der Waals surface area contributed by atoms with E-state index in [0.29, 0.717) is 0 Å². The molecule has 0 aliphatic carbocycles. The van der Waals surface area contributed by atoms with E-state index in [1.54, 1.807) is 7.11 Å². The molecule has 1 aliphatic rings. The van der Waals surface area contributed by atoms with Crippen molar-refractivity contribution in [3.8, 4) is 5.75 Å². The van der Waals surface area contributed by atoms with Crippen molar-refractivity contribution in [2.24, 2.45) is 4.99 Å². The van der Waals surface area contributed by atoms with Crippen molar-refractivity contribution < 1.29 is 4.74 Å². The van der Waals surface area contributed by atoms with Gasteiger partial charge in [0.2, 0.25) is 0 Å². The van der Waals surface area contributed by atoms with E-state index in [0.717, 1.165) is 28.4 Å². The number of aliphatic imine (C=N–C) groups is 1. The van der Waals surface area contributed by atoms with Crippen molar-refractivity contribution in [3.05, 3.63) is 59.7 Å². The van der Waals surface area contributed by atoms with E-state index < -0.39 is 5.66 Å². The molecular formula is C17H19N3O. The molecule has 2 N–H and O–H groups in total. The van der Waals surface area contributed by atoms with Gasteiger partial charge >= 0.3 is 0 Å². The molecule has 1 aliphatic heterocycles. The molecule has 1 atom stereocenters. The number of methoxy groups -OCH3 is 1. The Kier molecular flexibility index (Phi) is 3.39. The lowest BCUT2D eigenvalue weighted by Crippen LogP contribution is -2.43. The Morgan fingerprint density at radius 3 is 2.48 bits per heavy atom. The Morgan fingerprint density at radius 2 is 1.81 bits per heavy atom. The van der Waals surface area contributed by atoms with E-state index in [9.17, 15) is 0 Å². The molecule has 0 saturated carbocycles. The van der Waals surface area contributed by atoms with Crippen LogP contribution >= 0.6 is 0 Å². The van der Waals surface area contributed by atoms with Gasteiger partial charge in [0.1, 0.15) is 11.6 Å². The van der Waals surface area contributed by atoms with Crippen molar-refractivity contribution in [2.75, 3.05) is 19.5 Å². The van der Waals surface area contributed by atoms with Crippen molar-refractivity contribution in [3.63, 3.8) is 0 Å². The molecule has 4 nitrogen and oxygen atoms in total. The maximum atomic E-state index is 5.25. The molecule has 0 spiro atoms. The molecule has 21 heavy (non-hydrogen) atoms. The first-order valence-electron chi connectivity index (χ1n) is 6.96. The summed E-state index contributed by atoms with van der Waals surface area (Å²) in [5.41, 5.74) is 2.70. The van der Waals surface area contributed by atoms with Crippen LogP contribution in [0.1, 0.15) is 18.1 Å². The van der Waals surface area contributed by atoms with Gasteiger partial charge in [0, 0.05) is 11.3 Å². The normalized spacial score (nSPS) is 20.2. The van der Waals surface area contributed by atoms with Crippen LogP contribution < -0.4 is 15.4 Å². The molecule has 4 heteroatoms. The molecule has 0 amide bonds. The molecule has 0 fully saturated rings. The van der Waals surface area contributed by atoms with Gasteiger partial charge in [-0.3, -0.25) is 5.32 Å². The second kappa shape index (κ2) is 5.22. The van der Waals surface area contributed by atoms with E-state index in [1.165, 1.54) is 0 Å². The Labute approximate surface area is 124 Å². The van der Waals surface area contributed by atoms with Gasteiger partial charge in [0.05, 0.1) is 7.11 Å². The molecule has 2 aromatic rings. The SMILES string of the molecule is CNC1(c2ccc(OC)cc2)N=C(C)Nc2ccccc21. The van der Waals surface area contributed by atoms with Crippen LogP contribution in [0.15, 0.2) is 53.5 Å². The molecular weight excluding hydrogens is 262 g/mol. The molecule has 3 rings (SSSR count). The molecule has 108 valence electrons. The fraction of sp³-hybridized carbons (Fsp3) is 0.235. The van der Waals surface area contributed by atoms with Crippen LogP contribution in [0, 0.1) is 0 Å². The lowest BCUT2D eigenvalue weighted by Gasteiger charge is -2.36. The van der Waals surface area contributed by atoms with E-state index in [1.807, 2.05) is 50.4 Å².